The molecule has 1 N–H and O–H groups in total. The Balaban J connectivity index is 2.37. The summed E-state index contributed by atoms with van der Waals surface area (Å²) in [4.78, 5) is 4.43. The highest BCUT2D eigenvalue weighted by atomic mass is 32.2. The van der Waals surface area contributed by atoms with Gasteiger partial charge in [-0.25, -0.2) is 8.42 Å². The van der Waals surface area contributed by atoms with Crippen molar-refractivity contribution in [1.82, 2.24) is 9.80 Å². The summed E-state index contributed by atoms with van der Waals surface area (Å²) < 4.78 is 23.5. The van der Waals surface area contributed by atoms with Crippen LogP contribution in [-0.2, 0) is 9.84 Å². The van der Waals surface area contributed by atoms with Crippen LogP contribution in [0.1, 0.15) is 34.6 Å². The van der Waals surface area contributed by atoms with Gasteiger partial charge in [-0.05, 0) is 34.6 Å². The molecule has 1 heterocycles. The molecule has 0 bridgehead atoms. The van der Waals surface area contributed by atoms with Crippen molar-refractivity contribution in [1.29, 1.82) is 0 Å². The van der Waals surface area contributed by atoms with E-state index in [1.807, 2.05) is 13.8 Å². The molecule has 0 saturated carbocycles. The summed E-state index contributed by atoms with van der Waals surface area (Å²) in [5, 5.41) is 9.80. The third-order valence-electron chi connectivity index (χ3n) is 3.68. The number of β-amino-alcohol motifs (C(OH)–C–C–N with tert-alkyl or cyclic N) is 1. The van der Waals surface area contributed by atoms with Gasteiger partial charge in [0.15, 0.2) is 9.84 Å². The Kier molecular flexibility index (Phi) is 5.63. The SMILES string of the molecule is CC(C)(O)CN1CCN(CCS(=O)(=O)C(C)(C)C)CC1. The molecule has 20 heavy (non-hydrogen) atoms. The number of rotatable bonds is 5. The van der Waals surface area contributed by atoms with Gasteiger partial charge >= 0.3 is 0 Å². The van der Waals surface area contributed by atoms with E-state index in [1.165, 1.54) is 0 Å². The summed E-state index contributed by atoms with van der Waals surface area (Å²) in [6, 6.07) is 0. The maximum Gasteiger partial charge on any atom is 0.156 e. The number of nitrogens with zero attached hydrogens (tertiary/aromatic N) is 2. The third kappa shape index (κ3) is 5.68. The Morgan fingerprint density at radius 2 is 1.40 bits per heavy atom. The number of hydrogen-bond acceptors (Lipinski definition) is 5. The average Bonchev–Trinajstić information content (AvgIpc) is 2.24. The fraction of sp³-hybridized carbons (Fsp3) is 1.00. The second-order valence-corrected chi connectivity index (χ2v) is 10.2. The van der Waals surface area contributed by atoms with Gasteiger partial charge in [0.05, 0.1) is 16.1 Å². The molecule has 120 valence electrons. The zero-order valence-corrected chi connectivity index (χ0v) is 14.3. The van der Waals surface area contributed by atoms with Crippen LogP contribution in [0.4, 0.5) is 0 Å². The molecule has 1 fully saturated rings. The van der Waals surface area contributed by atoms with Crippen molar-refractivity contribution < 1.29 is 13.5 Å². The molecule has 0 aromatic heterocycles. The van der Waals surface area contributed by atoms with Crippen LogP contribution in [0.15, 0.2) is 0 Å². The maximum atomic E-state index is 12.1. The van der Waals surface area contributed by atoms with Crippen molar-refractivity contribution in [3.8, 4) is 0 Å². The Morgan fingerprint density at radius 1 is 0.950 bits per heavy atom. The van der Waals surface area contributed by atoms with E-state index < -0.39 is 20.2 Å². The molecule has 1 saturated heterocycles. The van der Waals surface area contributed by atoms with Crippen LogP contribution in [0, 0.1) is 0 Å². The van der Waals surface area contributed by atoms with E-state index in [0.717, 1.165) is 26.2 Å². The topological polar surface area (TPSA) is 60.9 Å². The Bertz CT molecular complexity index is 399. The van der Waals surface area contributed by atoms with Crippen LogP contribution in [0.3, 0.4) is 0 Å². The molecule has 1 rings (SSSR count). The van der Waals surface area contributed by atoms with E-state index in [1.54, 1.807) is 20.8 Å². The minimum atomic E-state index is -3.03. The highest BCUT2D eigenvalue weighted by molar-refractivity contribution is 7.92. The van der Waals surface area contributed by atoms with Crippen molar-refractivity contribution in [3.63, 3.8) is 0 Å². The van der Waals surface area contributed by atoms with Crippen molar-refractivity contribution in [2.75, 3.05) is 45.0 Å². The van der Waals surface area contributed by atoms with Crippen LogP contribution in [0.25, 0.3) is 0 Å². The van der Waals surface area contributed by atoms with Crippen LogP contribution < -0.4 is 0 Å². The zero-order chi connectivity index (χ0) is 15.6. The first-order valence-electron chi connectivity index (χ1n) is 7.30. The normalized spacial score (nSPS) is 20.3. The van der Waals surface area contributed by atoms with Crippen LogP contribution >= 0.6 is 0 Å². The lowest BCUT2D eigenvalue weighted by Crippen LogP contribution is -2.51. The summed E-state index contributed by atoms with van der Waals surface area (Å²) in [5.74, 6) is 0.224. The first-order chi connectivity index (χ1) is 8.91. The van der Waals surface area contributed by atoms with Gasteiger partial charge < -0.3 is 5.11 Å². The molecule has 6 heteroatoms. The summed E-state index contributed by atoms with van der Waals surface area (Å²) >= 11 is 0. The number of piperazine rings is 1. The van der Waals surface area contributed by atoms with E-state index in [2.05, 4.69) is 9.80 Å². The van der Waals surface area contributed by atoms with Crippen molar-refractivity contribution in [2.24, 2.45) is 0 Å². The number of hydrogen-bond donors (Lipinski definition) is 1. The molecular weight excluding hydrogens is 276 g/mol. The van der Waals surface area contributed by atoms with Gasteiger partial charge in [0.2, 0.25) is 0 Å². The van der Waals surface area contributed by atoms with Gasteiger partial charge in [0.1, 0.15) is 0 Å². The van der Waals surface area contributed by atoms with E-state index in [9.17, 15) is 13.5 Å². The lowest BCUT2D eigenvalue weighted by atomic mass is 10.1. The van der Waals surface area contributed by atoms with E-state index in [-0.39, 0.29) is 5.75 Å². The van der Waals surface area contributed by atoms with Gasteiger partial charge in [0.25, 0.3) is 0 Å². The molecular formula is C14H30N2O3S. The number of sulfone groups is 1. The molecule has 0 radical (unpaired) electrons. The smallest absolute Gasteiger partial charge is 0.156 e. The highest BCUT2D eigenvalue weighted by Gasteiger charge is 2.30. The zero-order valence-electron chi connectivity index (χ0n) is 13.5. The fourth-order valence-electron chi connectivity index (χ4n) is 2.27. The molecule has 0 aromatic carbocycles. The second kappa shape index (κ2) is 6.30. The molecule has 1 aliphatic rings. The largest absolute Gasteiger partial charge is 0.389 e. The van der Waals surface area contributed by atoms with Crippen molar-refractivity contribution >= 4 is 9.84 Å². The van der Waals surface area contributed by atoms with Crippen LogP contribution in [0.5, 0.6) is 0 Å². The lowest BCUT2D eigenvalue weighted by molar-refractivity contribution is 0.0186. The molecule has 0 amide bonds. The van der Waals surface area contributed by atoms with Gasteiger partial charge in [0, 0.05) is 39.3 Å². The fourth-order valence-corrected chi connectivity index (χ4v) is 3.38. The van der Waals surface area contributed by atoms with Gasteiger partial charge in [-0.15, -0.1) is 0 Å². The predicted molar refractivity (Wildman–Crippen MR) is 82.7 cm³/mol. The standard InChI is InChI=1S/C14H30N2O3S/c1-13(2,3)20(18,19)11-10-15-6-8-16(9-7-15)12-14(4,5)17/h17H,6-12H2,1-5H3. The molecule has 0 spiro atoms. The van der Waals surface area contributed by atoms with Crippen molar-refractivity contribution in [2.45, 2.75) is 45.0 Å². The van der Waals surface area contributed by atoms with Gasteiger partial charge in [-0.1, -0.05) is 0 Å². The molecule has 0 aliphatic carbocycles. The maximum absolute atomic E-state index is 12.1. The van der Waals surface area contributed by atoms with Gasteiger partial charge in [-0.2, -0.15) is 0 Å². The lowest BCUT2D eigenvalue weighted by Gasteiger charge is -2.37. The first-order valence-corrected chi connectivity index (χ1v) is 8.95. The number of aliphatic hydroxyl groups is 1. The molecule has 1 aliphatic heterocycles. The Labute approximate surface area is 123 Å². The molecule has 5 nitrogen and oxygen atoms in total. The minimum absolute atomic E-state index is 0.224. The van der Waals surface area contributed by atoms with E-state index >= 15 is 0 Å². The second-order valence-electron chi connectivity index (χ2n) is 7.36. The van der Waals surface area contributed by atoms with Gasteiger partial charge in [-0.3, -0.25) is 9.80 Å². The van der Waals surface area contributed by atoms with Crippen molar-refractivity contribution in [3.05, 3.63) is 0 Å². The van der Waals surface area contributed by atoms with Crippen LogP contribution in [0.2, 0.25) is 0 Å². The summed E-state index contributed by atoms with van der Waals surface area (Å²) in [6.45, 7) is 13.7. The average molecular weight is 306 g/mol. The first kappa shape index (κ1) is 17.9. The predicted octanol–water partition coefficient (Wildman–Crippen LogP) is 0.588. The monoisotopic (exact) mass is 306 g/mol. The van der Waals surface area contributed by atoms with E-state index in [0.29, 0.717) is 13.1 Å². The highest BCUT2D eigenvalue weighted by Crippen LogP contribution is 2.16. The summed E-state index contributed by atoms with van der Waals surface area (Å²) in [7, 11) is -3.03. The minimum Gasteiger partial charge on any atom is -0.389 e. The molecule has 0 atom stereocenters. The Morgan fingerprint density at radius 3 is 1.80 bits per heavy atom. The van der Waals surface area contributed by atoms with Crippen LogP contribution in [-0.4, -0.2) is 78.7 Å². The summed E-state index contributed by atoms with van der Waals surface area (Å²) in [6.07, 6.45) is 0. The quantitative estimate of drug-likeness (QED) is 0.805. The van der Waals surface area contributed by atoms with E-state index in [4.69, 9.17) is 0 Å². The Hall–Kier alpha value is -0.170. The summed E-state index contributed by atoms with van der Waals surface area (Å²) in [5.41, 5.74) is -0.669. The molecule has 0 unspecified atom stereocenters. The third-order valence-corrected chi connectivity index (χ3v) is 6.27. The molecule has 0 aromatic rings.